The molecule has 0 radical (unpaired) electrons. The monoisotopic (exact) mass is 431 g/mol. The number of rotatable bonds is 7. The number of benzene rings is 1. The molecule has 2 amide bonds. The Bertz CT molecular complexity index is 859. The van der Waals surface area contributed by atoms with Gasteiger partial charge in [-0.25, -0.2) is 4.98 Å². The molecule has 1 aromatic carbocycles. The van der Waals surface area contributed by atoms with Gasteiger partial charge in [-0.3, -0.25) is 14.9 Å². The van der Waals surface area contributed by atoms with Crippen molar-refractivity contribution in [1.29, 1.82) is 0 Å². The van der Waals surface area contributed by atoms with Gasteiger partial charge in [0.1, 0.15) is 0 Å². The van der Waals surface area contributed by atoms with Gasteiger partial charge in [-0.1, -0.05) is 38.3 Å². The van der Waals surface area contributed by atoms with Crippen molar-refractivity contribution in [3.8, 4) is 0 Å². The summed E-state index contributed by atoms with van der Waals surface area (Å²) in [4.78, 5) is 33.8. The van der Waals surface area contributed by atoms with E-state index in [1.165, 1.54) is 42.4 Å². The van der Waals surface area contributed by atoms with E-state index in [0.29, 0.717) is 22.5 Å². The number of hydrogen-bond acceptors (Lipinski definition) is 5. The van der Waals surface area contributed by atoms with Gasteiger partial charge in [0.25, 0.3) is 5.91 Å². The minimum atomic E-state index is -0.183. The van der Waals surface area contributed by atoms with Crippen molar-refractivity contribution in [1.82, 2.24) is 9.88 Å². The first-order valence-electron chi connectivity index (χ1n) is 10.2. The maximum absolute atomic E-state index is 12.8. The fourth-order valence-corrected chi connectivity index (χ4v) is 5.54. The third kappa shape index (κ3) is 5.60. The number of thioether (sulfide) groups is 1. The topological polar surface area (TPSA) is 62.3 Å². The molecule has 0 unspecified atom stereocenters. The van der Waals surface area contributed by atoms with Crippen LogP contribution in [0.1, 0.15) is 60.0 Å². The summed E-state index contributed by atoms with van der Waals surface area (Å²) in [6.07, 6.45) is 6.72. The van der Waals surface area contributed by atoms with Gasteiger partial charge in [-0.05, 0) is 38.3 Å². The predicted octanol–water partition coefficient (Wildman–Crippen LogP) is 5.15. The number of aryl methyl sites for hydroxylation is 2. The number of hydrogen-bond donors (Lipinski definition) is 1. The summed E-state index contributed by atoms with van der Waals surface area (Å²) < 4.78 is 0. The second-order valence-electron chi connectivity index (χ2n) is 7.41. The summed E-state index contributed by atoms with van der Waals surface area (Å²) >= 11 is 2.93. The molecule has 1 aliphatic rings. The molecule has 1 saturated carbocycles. The van der Waals surface area contributed by atoms with Gasteiger partial charge in [0.15, 0.2) is 5.13 Å². The van der Waals surface area contributed by atoms with Crippen LogP contribution in [0.15, 0.2) is 29.2 Å². The highest BCUT2D eigenvalue weighted by Crippen LogP contribution is 2.27. The van der Waals surface area contributed by atoms with Crippen LogP contribution in [-0.2, 0) is 11.2 Å². The van der Waals surface area contributed by atoms with Crippen LogP contribution in [0.4, 0.5) is 5.13 Å². The molecular formula is C22H29N3O2S2. The van der Waals surface area contributed by atoms with Gasteiger partial charge >= 0.3 is 0 Å². The quantitative estimate of drug-likeness (QED) is 0.616. The van der Waals surface area contributed by atoms with E-state index in [0.717, 1.165) is 34.7 Å². The highest BCUT2D eigenvalue weighted by Gasteiger charge is 2.22. The highest BCUT2D eigenvalue weighted by molar-refractivity contribution is 8.00. The number of nitrogens with one attached hydrogen (secondary N) is 1. The van der Waals surface area contributed by atoms with Crippen molar-refractivity contribution < 1.29 is 9.59 Å². The summed E-state index contributed by atoms with van der Waals surface area (Å²) in [7, 11) is 1.91. The molecule has 29 heavy (non-hydrogen) atoms. The molecule has 1 fully saturated rings. The van der Waals surface area contributed by atoms with Crippen LogP contribution in [0.5, 0.6) is 0 Å². The second-order valence-corrected chi connectivity index (χ2v) is 9.63. The average Bonchev–Trinajstić information content (AvgIpc) is 3.11. The molecule has 0 spiro atoms. The average molecular weight is 432 g/mol. The van der Waals surface area contributed by atoms with E-state index in [-0.39, 0.29) is 11.8 Å². The maximum atomic E-state index is 12.8. The predicted molar refractivity (Wildman–Crippen MR) is 121 cm³/mol. The number of amides is 2. The standard InChI is InChI=1S/C22H29N3O2S2/c1-4-18-15(2)29-22(23-18)24-21(27)17-12-8-9-13-19(17)28-14-20(26)25(3)16-10-6-5-7-11-16/h8-9,12-13,16H,4-7,10-11,14H2,1-3H3,(H,23,24,27). The minimum absolute atomic E-state index is 0.125. The van der Waals surface area contributed by atoms with Crippen LogP contribution < -0.4 is 5.32 Å². The van der Waals surface area contributed by atoms with E-state index >= 15 is 0 Å². The zero-order valence-electron chi connectivity index (χ0n) is 17.4. The fourth-order valence-electron chi connectivity index (χ4n) is 3.67. The molecule has 156 valence electrons. The molecule has 0 atom stereocenters. The molecule has 3 rings (SSSR count). The Balaban J connectivity index is 1.63. The first-order chi connectivity index (χ1) is 14.0. The number of aromatic nitrogens is 1. The molecule has 0 saturated heterocycles. The lowest BCUT2D eigenvalue weighted by atomic mass is 9.94. The Labute approximate surface area is 181 Å². The van der Waals surface area contributed by atoms with E-state index in [1.807, 2.05) is 37.1 Å². The van der Waals surface area contributed by atoms with Gasteiger partial charge in [0, 0.05) is 22.9 Å². The Kier molecular flexibility index (Phi) is 7.72. The maximum Gasteiger partial charge on any atom is 0.258 e. The number of carbonyl (C=O) groups is 2. The van der Waals surface area contributed by atoms with Crippen molar-refractivity contribution in [3.05, 3.63) is 40.4 Å². The molecule has 0 aliphatic heterocycles. The number of thiazole rings is 1. The van der Waals surface area contributed by atoms with Gasteiger partial charge in [0.05, 0.1) is 17.0 Å². The summed E-state index contributed by atoms with van der Waals surface area (Å²) in [6, 6.07) is 7.81. The lowest BCUT2D eigenvalue weighted by Gasteiger charge is -2.31. The van der Waals surface area contributed by atoms with Crippen LogP contribution in [0, 0.1) is 6.92 Å². The van der Waals surface area contributed by atoms with Crippen LogP contribution >= 0.6 is 23.1 Å². The Morgan fingerprint density at radius 1 is 1.24 bits per heavy atom. The Morgan fingerprint density at radius 3 is 2.66 bits per heavy atom. The Hall–Kier alpha value is -1.86. The van der Waals surface area contributed by atoms with Gasteiger partial charge in [-0.15, -0.1) is 23.1 Å². The van der Waals surface area contributed by atoms with Crippen LogP contribution in [0.2, 0.25) is 0 Å². The van der Waals surface area contributed by atoms with Gasteiger partial charge < -0.3 is 4.90 Å². The minimum Gasteiger partial charge on any atom is -0.342 e. The first kappa shape index (κ1) is 21.8. The smallest absolute Gasteiger partial charge is 0.258 e. The molecular weight excluding hydrogens is 402 g/mol. The summed E-state index contributed by atoms with van der Waals surface area (Å²) in [5.41, 5.74) is 1.60. The van der Waals surface area contributed by atoms with Gasteiger partial charge in [0.2, 0.25) is 5.91 Å². The number of anilines is 1. The van der Waals surface area contributed by atoms with E-state index < -0.39 is 0 Å². The zero-order chi connectivity index (χ0) is 20.8. The molecule has 5 nitrogen and oxygen atoms in total. The first-order valence-corrected chi connectivity index (χ1v) is 12.0. The van der Waals surface area contributed by atoms with Crippen molar-refractivity contribution in [2.75, 3.05) is 18.1 Å². The lowest BCUT2D eigenvalue weighted by Crippen LogP contribution is -2.39. The lowest BCUT2D eigenvalue weighted by molar-refractivity contribution is -0.129. The van der Waals surface area contributed by atoms with Crippen LogP contribution in [0.25, 0.3) is 0 Å². The Morgan fingerprint density at radius 2 is 1.97 bits per heavy atom. The molecule has 1 heterocycles. The number of carbonyl (C=O) groups excluding carboxylic acids is 2. The van der Waals surface area contributed by atoms with E-state index in [9.17, 15) is 9.59 Å². The van der Waals surface area contributed by atoms with Crippen molar-refractivity contribution in [2.45, 2.75) is 63.3 Å². The molecule has 1 aliphatic carbocycles. The SMILES string of the molecule is CCc1nc(NC(=O)c2ccccc2SCC(=O)N(C)C2CCCCC2)sc1C. The molecule has 1 aromatic heterocycles. The van der Waals surface area contributed by atoms with E-state index in [2.05, 4.69) is 17.2 Å². The fraction of sp³-hybridized carbons (Fsp3) is 0.500. The zero-order valence-corrected chi connectivity index (χ0v) is 19.0. The third-order valence-corrected chi connectivity index (χ3v) is 7.43. The molecule has 0 bridgehead atoms. The summed E-state index contributed by atoms with van der Waals surface area (Å²) in [6.45, 7) is 4.07. The third-order valence-electron chi connectivity index (χ3n) is 5.45. The number of nitrogens with zero attached hydrogens (tertiary/aromatic N) is 2. The van der Waals surface area contributed by atoms with E-state index in [4.69, 9.17) is 0 Å². The van der Waals surface area contributed by atoms with E-state index in [1.54, 1.807) is 6.07 Å². The van der Waals surface area contributed by atoms with Crippen molar-refractivity contribution in [2.24, 2.45) is 0 Å². The molecule has 7 heteroatoms. The largest absolute Gasteiger partial charge is 0.342 e. The summed E-state index contributed by atoms with van der Waals surface area (Å²) in [5, 5.41) is 3.54. The molecule has 2 aromatic rings. The van der Waals surface area contributed by atoms with Crippen molar-refractivity contribution >= 4 is 40.0 Å². The van der Waals surface area contributed by atoms with Crippen LogP contribution in [-0.4, -0.2) is 40.5 Å². The second kappa shape index (κ2) is 10.3. The van der Waals surface area contributed by atoms with Crippen LogP contribution in [0.3, 0.4) is 0 Å². The normalized spacial score (nSPS) is 14.6. The molecule has 1 N–H and O–H groups in total. The van der Waals surface area contributed by atoms with Crippen molar-refractivity contribution in [3.63, 3.8) is 0 Å². The highest BCUT2D eigenvalue weighted by atomic mass is 32.2. The van der Waals surface area contributed by atoms with Gasteiger partial charge in [-0.2, -0.15) is 0 Å². The summed E-state index contributed by atoms with van der Waals surface area (Å²) in [5.74, 6) is 0.283.